The molecule has 0 fully saturated rings. The van der Waals surface area contributed by atoms with Crippen LogP contribution in [0.2, 0.25) is 0 Å². The molecule has 0 saturated carbocycles. The zero-order chi connectivity index (χ0) is 9.99. The summed E-state index contributed by atoms with van der Waals surface area (Å²) in [4.78, 5) is 0. The summed E-state index contributed by atoms with van der Waals surface area (Å²) in [7, 11) is -7.45. The Bertz CT molecular complexity index is 300. The lowest BCUT2D eigenvalue weighted by Gasteiger charge is -2.15. The van der Waals surface area contributed by atoms with Gasteiger partial charge in [0.2, 0.25) is 20.0 Å². The average molecular weight is 236 g/mol. The van der Waals surface area contributed by atoms with E-state index < -0.39 is 20.0 Å². The molecule has 0 heterocycles. The summed E-state index contributed by atoms with van der Waals surface area (Å²) in [6.07, 6.45) is 1.64. The molecule has 5 nitrogen and oxygen atoms in total. The van der Waals surface area contributed by atoms with Crippen LogP contribution in [0.3, 0.4) is 0 Å². The molecule has 0 radical (unpaired) electrons. The number of halogens is 1. The molecular formula is C4H10ClNO4S2. The van der Waals surface area contributed by atoms with Crippen molar-refractivity contribution < 1.29 is 16.8 Å². The van der Waals surface area contributed by atoms with Gasteiger partial charge in [-0.05, 0) is 0 Å². The third kappa shape index (κ3) is 3.70. The van der Waals surface area contributed by atoms with Gasteiger partial charge in [-0.2, -0.15) is 0 Å². The van der Waals surface area contributed by atoms with E-state index in [1.807, 2.05) is 0 Å². The molecule has 0 N–H and O–H groups in total. The summed E-state index contributed by atoms with van der Waals surface area (Å²) in [6, 6.07) is 0. The zero-order valence-corrected chi connectivity index (χ0v) is 9.08. The van der Waals surface area contributed by atoms with Gasteiger partial charge in [-0.3, -0.25) is 0 Å². The summed E-state index contributed by atoms with van der Waals surface area (Å²) in [5, 5.41) is 0. The highest BCUT2D eigenvalue weighted by Gasteiger charge is 2.25. The van der Waals surface area contributed by atoms with Crippen LogP contribution in [-0.4, -0.2) is 45.5 Å². The van der Waals surface area contributed by atoms with Crippen molar-refractivity contribution in [3.63, 3.8) is 0 Å². The molecule has 0 amide bonds. The summed E-state index contributed by atoms with van der Waals surface area (Å²) < 4.78 is 43.8. The fourth-order valence-electron chi connectivity index (χ4n) is 0.647. The van der Waals surface area contributed by atoms with Gasteiger partial charge < -0.3 is 0 Å². The Morgan fingerprint density at radius 3 is 1.50 bits per heavy atom. The van der Waals surface area contributed by atoms with E-state index in [2.05, 4.69) is 0 Å². The van der Waals surface area contributed by atoms with Gasteiger partial charge in [-0.25, -0.2) is 16.8 Å². The van der Waals surface area contributed by atoms with Gasteiger partial charge >= 0.3 is 0 Å². The minimum Gasteiger partial charge on any atom is -0.212 e. The summed E-state index contributed by atoms with van der Waals surface area (Å²) in [5.41, 5.74) is 0. The second-order valence-corrected chi connectivity index (χ2v) is 6.63. The number of alkyl halides is 1. The van der Waals surface area contributed by atoms with Crippen LogP contribution in [-0.2, 0) is 20.0 Å². The smallest absolute Gasteiger partial charge is 0.212 e. The van der Waals surface area contributed by atoms with E-state index in [1.54, 1.807) is 0 Å². The third-order valence-corrected chi connectivity index (χ3v) is 4.65. The number of hydrogen-bond acceptors (Lipinski definition) is 4. The first kappa shape index (κ1) is 12.2. The molecule has 0 aliphatic rings. The first-order valence-electron chi connectivity index (χ1n) is 2.93. The highest BCUT2D eigenvalue weighted by molar-refractivity contribution is 8.03. The maximum Gasteiger partial charge on any atom is 0.224 e. The first-order chi connectivity index (χ1) is 5.19. The lowest BCUT2D eigenvalue weighted by atomic mass is 10.8. The highest BCUT2D eigenvalue weighted by Crippen LogP contribution is 2.04. The maximum absolute atomic E-state index is 10.9. The molecule has 74 valence electrons. The summed E-state index contributed by atoms with van der Waals surface area (Å²) >= 11 is 5.24. The van der Waals surface area contributed by atoms with Crippen molar-refractivity contribution in [3.05, 3.63) is 0 Å². The van der Waals surface area contributed by atoms with Gasteiger partial charge in [0.15, 0.2) is 0 Å². The Morgan fingerprint density at radius 2 is 1.42 bits per heavy atom. The zero-order valence-electron chi connectivity index (χ0n) is 6.69. The predicted octanol–water partition coefficient (Wildman–Crippen LogP) is -0.554. The molecule has 0 spiro atoms. The van der Waals surface area contributed by atoms with Crippen LogP contribution in [0.5, 0.6) is 0 Å². The molecule has 0 aromatic heterocycles. The van der Waals surface area contributed by atoms with E-state index >= 15 is 0 Å². The Morgan fingerprint density at radius 1 is 1.08 bits per heavy atom. The second-order valence-electron chi connectivity index (χ2n) is 2.21. The predicted molar refractivity (Wildman–Crippen MR) is 47.1 cm³/mol. The van der Waals surface area contributed by atoms with E-state index in [-0.39, 0.29) is 12.4 Å². The quantitative estimate of drug-likeness (QED) is 0.613. The molecule has 12 heavy (non-hydrogen) atoms. The second kappa shape index (κ2) is 3.91. The number of nitrogens with zero attached hydrogens (tertiary/aromatic N) is 1. The van der Waals surface area contributed by atoms with Crippen LogP contribution < -0.4 is 0 Å². The molecular weight excluding hydrogens is 226 g/mol. The average Bonchev–Trinajstić information content (AvgIpc) is 1.77. The normalized spacial score (nSPS) is 13.7. The molecule has 0 unspecified atom stereocenters. The number of rotatable bonds is 4. The van der Waals surface area contributed by atoms with Crippen molar-refractivity contribution in [2.45, 2.75) is 0 Å². The van der Waals surface area contributed by atoms with Crippen molar-refractivity contribution in [1.82, 2.24) is 3.71 Å². The van der Waals surface area contributed by atoms with Crippen LogP contribution in [0, 0.1) is 0 Å². The van der Waals surface area contributed by atoms with Gasteiger partial charge in [0, 0.05) is 12.4 Å². The first-order valence-corrected chi connectivity index (χ1v) is 7.16. The lowest BCUT2D eigenvalue weighted by Crippen LogP contribution is -2.36. The van der Waals surface area contributed by atoms with Gasteiger partial charge in [-0.15, -0.1) is 11.6 Å². The van der Waals surface area contributed by atoms with Crippen molar-refractivity contribution >= 4 is 31.6 Å². The molecule has 0 atom stereocenters. The third-order valence-electron chi connectivity index (χ3n) is 1.01. The minimum absolute atomic E-state index is 0.0554. The maximum atomic E-state index is 10.9. The van der Waals surface area contributed by atoms with E-state index in [0.717, 1.165) is 12.5 Å². The summed E-state index contributed by atoms with van der Waals surface area (Å²) in [6.45, 7) is -0.223. The van der Waals surface area contributed by atoms with Crippen molar-refractivity contribution in [2.75, 3.05) is 24.9 Å². The van der Waals surface area contributed by atoms with Gasteiger partial charge in [-0.1, -0.05) is 3.71 Å². The van der Waals surface area contributed by atoms with Gasteiger partial charge in [0.1, 0.15) is 0 Å². The Hall–Kier alpha value is 0.150. The van der Waals surface area contributed by atoms with Crippen molar-refractivity contribution in [1.29, 1.82) is 0 Å². The van der Waals surface area contributed by atoms with E-state index in [1.165, 1.54) is 0 Å². The Balaban J connectivity index is 4.97. The van der Waals surface area contributed by atoms with Crippen LogP contribution >= 0.6 is 11.6 Å². The van der Waals surface area contributed by atoms with Gasteiger partial charge in [0.25, 0.3) is 0 Å². The van der Waals surface area contributed by atoms with Gasteiger partial charge in [0.05, 0.1) is 12.5 Å². The van der Waals surface area contributed by atoms with Crippen LogP contribution in [0.4, 0.5) is 0 Å². The lowest BCUT2D eigenvalue weighted by molar-refractivity contribution is 0.515. The number of hydrogen-bond donors (Lipinski definition) is 0. The topological polar surface area (TPSA) is 71.5 Å². The molecule has 0 aromatic carbocycles. The summed E-state index contributed by atoms with van der Waals surface area (Å²) in [5.74, 6) is -0.0554. The van der Waals surface area contributed by atoms with Crippen LogP contribution in [0.25, 0.3) is 0 Å². The molecule has 0 aliphatic heterocycles. The molecule has 0 aromatic rings. The standard InChI is InChI=1S/C4H10ClNO4S2/c1-11(7,8)6(4-3-5)12(2,9)10/h3-4H2,1-2H3. The molecule has 0 rings (SSSR count). The Labute approximate surface area is 77.4 Å². The van der Waals surface area contributed by atoms with Crippen molar-refractivity contribution in [3.8, 4) is 0 Å². The number of sulfonamides is 2. The molecule has 0 aliphatic carbocycles. The SMILES string of the molecule is CS(=O)(=O)N(CCCl)S(C)(=O)=O. The molecule has 0 saturated heterocycles. The fourth-order valence-corrected chi connectivity index (χ4v) is 3.83. The van der Waals surface area contributed by atoms with Crippen molar-refractivity contribution in [2.24, 2.45) is 0 Å². The monoisotopic (exact) mass is 235 g/mol. The largest absolute Gasteiger partial charge is 0.224 e. The van der Waals surface area contributed by atoms with E-state index in [9.17, 15) is 16.8 Å². The Kier molecular flexibility index (Phi) is 3.95. The van der Waals surface area contributed by atoms with Crippen LogP contribution in [0.1, 0.15) is 0 Å². The van der Waals surface area contributed by atoms with E-state index in [0.29, 0.717) is 3.71 Å². The minimum atomic E-state index is -3.72. The highest BCUT2D eigenvalue weighted by atomic mass is 35.5. The van der Waals surface area contributed by atoms with E-state index in [4.69, 9.17) is 11.6 Å². The molecule has 0 bridgehead atoms. The molecule has 8 heteroatoms. The fraction of sp³-hybridized carbons (Fsp3) is 1.00. The van der Waals surface area contributed by atoms with Crippen LogP contribution in [0.15, 0.2) is 0 Å².